The number of amides is 2. The number of hydrogen-bond acceptors (Lipinski definition) is 8. The fourth-order valence-electron chi connectivity index (χ4n) is 2.26. The molecule has 0 unspecified atom stereocenters. The maximum Gasteiger partial charge on any atom is 0.282 e. The topological polar surface area (TPSA) is 132 Å². The number of hydrazine groups is 1. The molecule has 0 aliphatic carbocycles. The van der Waals surface area contributed by atoms with Gasteiger partial charge in [0, 0.05) is 12.0 Å². The van der Waals surface area contributed by atoms with Crippen LogP contribution in [0.15, 0.2) is 41.3 Å². The van der Waals surface area contributed by atoms with Gasteiger partial charge in [0.25, 0.3) is 21.8 Å². The van der Waals surface area contributed by atoms with E-state index in [-0.39, 0.29) is 33.5 Å². The third-order valence-electron chi connectivity index (χ3n) is 3.43. The van der Waals surface area contributed by atoms with E-state index in [0.29, 0.717) is 9.48 Å². The molecule has 26 heavy (non-hydrogen) atoms. The van der Waals surface area contributed by atoms with Crippen LogP contribution in [-0.2, 0) is 29.6 Å². The SMILES string of the molecule is C=C(C)C(=O)N(c1ccc(S(=O)(=O)N2C(=O)CCN2O)cc1)S(C)(=O)=O. The van der Waals surface area contributed by atoms with Gasteiger partial charge >= 0.3 is 0 Å². The maximum absolute atomic E-state index is 12.5. The van der Waals surface area contributed by atoms with Crippen LogP contribution < -0.4 is 4.31 Å². The zero-order valence-corrected chi connectivity index (χ0v) is 15.6. The maximum atomic E-state index is 12.5. The lowest BCUT2D eigenvalue weighted by Crippen LogP contribution is -2.41. The molecule has 1 aromatic carbocycles. The average molecular weight is 403 g/mol. The van der Waals surface area contributed by atoms with Gasteiger partial charge in [-0.1, -0.05) is 11.8 Å². The van der Waals surface area contributed by atoms with Gasteiger partial charge < -0.3 is 0 Å². The molecule has 1 aliphatic heterocycles. The Bertz CT molecular complexity index is 968. The van der Waals surface area contributed by atoms with Gasteiger partial charge in [-0.2, -0.15) is 8.42 Å². The van der Waals surface area contributed by atoms with Gasteiger partial charge in [0.2, 0.25) is 10.0 Å². The lowest BCUT2D eigenvalue weighted by atomic mass is 10.3. The molecule has 0 bridgehead atoms. The number of benzene rings is 1. The van der Waals surface area contributed by atoms with Gasteiger partial charge in [-0.05, 0) is 31.2 Å². The van der Waals surface area contributed by atoms with Crippen LogP contribution in [0.3, 0.4) is 0 Å². The summed E-state index contributed by atoms with van der Waals surface area (Å²) in [6.45, 7) is 4.59. The summed E-state index contributed by atoms with van der Waals surface area (Å²) in [6.07, 6.45) is 0.661. The molecule has 12 heteroatoms. The second-order valence-corrected chi connectivity index (χ2v) is 9.19. The van der Waals surface area contributed by atoms with E-state index in [4.69, 9.17) is 0 Å². The second kappa shape index (κ2) is 6.79. The van der Waals surface area contributed by atoms with Crippen molar-refractivity contribution in [2.45, 2.75) is 18.2 Å². The van der Waals surface area contributed by atoms with Crippen molar-refractivity contribution in [3.05, 3.63) is 36.4 Å². The lowest BCUT2D eigenvalue weighted by molar-refractivity contribution is -0.183. The van der Waals surface area contributed by atoms with Crippen molar-refractivity contribution in [1.82, 2.24) is 9.59 Å². The average Bonchev–Trinajstić information content (AvgIpc) is 2.86. The highest BCUT2D eigenvalue weighted by Gasteiger charge is 2.39. The van der Waals surface area contributed by atoms with Crippen LogP contribution in [0.5, 0.6) is 0 Å². The highest BCUT2D eigenvalue weighted by Crippen LogP contribution is 2.26. The first kappa shape index (κ1) is 20.0. The number of rotatable bonds is 5. The fourth-order valence-corrected chi connectivity index (χ4v) is 4.59. The van der Waals surface area contributed by atoms with Crippen LogP contribution in [0.4, 0.5) is 5.69 Å². The van der Waals surface area contributed by atoms with Crippen molar-refractivity contribution < 1.29 is 31.6 Å². The molecule has 142 valence electrons. The molecule has 1 fully saturated rings. The lowest BCUT2D eigenvalue weighted by Gasteiger charge is -2.23. The van der Waals surface area contributed by atoms with Gasteiger partial charge in [0.05, 0.1) is 23.4 Å². The summed E-state index contributed by atoms with van der Waals surface area (Å²) in [4.78, 5) is 23.4. The van der Waals surface area contributed by atoms with Gasteiger partial charge in [-0.15, -0.1) is 4.41 Å². The van der Waals surface area contributed by atoms with E-state index in [1.807, 2.05) is 0 Å². The van der Waals surface area contributed by atoms with Crippen molar-refractivity contribution in [1.29, 1.82) is 0 Å². The minimum Gasteiger partial charge on any atom is -0.293 e. The smallest absolute Gasteiger partial charge is 0.282 e. The molecule has 0 saturated carbocycles. The Morgan fingerprint density at radius 3 is 2.12 bits per heavy atom. The Hall–Kier alpha value is -2.28. The minimum atomic E-state index is -4.36. The first-order valence-electron chi connectivity index (χ1n) is 7.22. The number of anilines is 1. The fraction of sp³-hybridized carbons (Fsp3) is 0.286. The third kappa shape index (κ3) is 3.62. The standard InChI is InChI=1S/C14H17N3O7S2/c1-10(2)14(19)16(25(3,21)22)11-4-6-12(7-5-11)26(23,24)17-13(18)8-9-15(17)20/h4-7,20H,1,8-9H2,2-3H3. The summed E-state index contributed by atoms with van der Waals surface area (Å²) >= 11 is 0. The van der Waals surface area contributed by atoms with Crippen LogP contribution in [0, 0.1) is 0 Å². The molecular formula is C14H17N3O7S2. The first-order valence-corrected chi connectivity index (χ1v) is 10.5. The monoisotopic (exact) mass is 403 g/mol. The van der Waals surface area contributed by atoms with Crippen LogP contribution in [0.25, 0.3) is 0 Å². The van der Waals surface area contributed by atoms with Crippen molar-refractivity contribution >= 4 is 37.5 Å². The van der Waals surface area contributed by atoms with Crippen molar-refractivity contribution in [2.24, 2.45) is 0 Å². The highest BCUT2D eigenvalue weighted by molar-refractivity contribution is 7.92. The molecule has 1 heterocycles. The third-order valence-corrected chi connectivity index (χ3v) is 6.18. The molecule has 1 aromatic rings. The predicted molar refractivity (Wildman–Crippen MR) is 90.7 cm³/mol. The summed E-state index contributed by atoms with van der Waals surface area (Å²) in [5.74, 6) is -1.66. The molecule has 1 saturated heterocycles. The molecule has 0 spiro atoms. The Balaban J connectivity index is 2.45. The quantitative estimate of drug-likeness (QED) is 0.684. The molecule has 0 atom stereocenters. The molecule has 1 aliphatic rings. The number of carbonyl (C=O) groups excluding carboxylic acids is 2. The summed E-state index contributed by atoms with van der Waals surface area (Å²) in [5, 5.41) is 9.85. The Morgan fingerprint density at radius 2 is 1.73 bits per heavy atom. The largest absolute Gasteiger partial charge is 0.293 e. The number of hydrogen-bond donors (Lipinski definition) is 1. The predicted octanol–water partition coefficient (Wildman–Crippen LogP) is 0.0825. The normalized spacial score (nSPS) is 16.0. The van der Waals surface area contributed by atoms with E-state index in [1.54, 1.807) is 0 Å². The van der Waals surface area contributed by atoms with Crippen molar-refractivity contribution in [3.8, 4) is 0 Å². The zero-order chi connectivity index (χ0) is 19.9. The van der Waals surface area contributed by atoms with Gasteiger partial charge in [-0.25, -0.2) is 12.7 Å². The van der Waals surface area contributed by atoms with Crippen molar-refractivity contribution in [3.63, 3.8) is 0 Å². The van der Waals surface area contributed by atoms with E-state index < -0.39 is 31.9 Å². The van der Waals surface area contributed by atoms with E-state index in [1.165, 1.54) is 6.92 Å². The number of sulfonamides is 2. The number of carbonyl (C=O) groups is 2. The highest BCUT2D eigenvalue weighted by atomic mass is 32.2. The second-order valence-electron chi connectivity index (χ2n) is 5.59. The van der Waals surface area contributed by atoms with Crippen molar-refractivity contribution in [2.75, 3.05) is 17.1 Å². The Labute approximate surface area is 150 Å². The minimum absolute atomic E-state index is 0.0225. The Morgan fingerprint density at radius 1 is 1.19 bits per heavy atom. The molecule has 0 aromatic heterocycles. The van der Waals surface area contributed by atoms with E-state index in [0.717, 1.165) is 30.5 Å². The van der Waals surface area contributed by atoms with Gasteiger partial charge in [-0.3, -0.25) is 14.8 Å². The van der Waals surface area contributed by atoms with Crippen LogP contribution in [0.1, 0.15) is 13.3 Å². The van der Waals surface area contributed by atoms with E-state index in [2.05, 4.69) is 6.58 Å². The molecule has 10 nitrogen and oxygen atoms in total. The number of nitrogens with zero attached hydrogens (tertiary/aromatic N) is 3. The zero-order valence-electron chi connectivity index (χ0n) is 14.0. The van der Waals surface area contributed by atoms with Crippen LogP contribution >= 0.6 is 0 Å². The van der Waals surface area contributed by atoms with Crippen LogP contribution in [-0.4, -0.2) is 56.2 Å². The summed E-state index contributed by atoms with van der Waals surface area (Å²) < 4.78 is 49.5. The first-order chi connectivity index (χ1) is 11.9. The molecule has 0 radical (unpaired) electrons. The summed E-state index contributed by atoms with van der Waals surface area (Å²) in [7, 11) is -8.35. The van der Waals surface area contributed by atoms with E-state index in [9.17, 15) is 31.6 Å². The number of hydroxylamine groups is 1. The molecular weight excluding hydrogens is 386 g/mol. The van der Waals surface area contributed by atoms with Gasteiger partial charge in [0.1, 0.15) is 0 Å². The molecule has 1 N–H and O–H groups in total. The molecule has 2 rings (SSSR count). The molecule has 2 amide bonds. The Kier molecular flexibility index (Phi) is 5.24. The summed E-state index contributed by atoms with van der Waals surface area (Å²) in [6, 6.07) is 4.29. The van der Waals surface area contributed by atoms with Crippen LogP contribution in [0.2, 0.25) is 0 Å². The summed E-state index contributed by atoms with van der Waals surface area (Å²) in [5.41, 5.74) is -0.112. The van der Waals surface area contributed by atoms with E-state index >= 15 is 0 Å². The van der Waals surface area contributed by atoms with Gasteiger partial charge in [0.15, 0.2) is 0 Å².